The molecular weight excluding hydrogens is 258 g/mol. The molecule has 0 bridgehead atoms. The number of hydrogen-bond acceptors (Lipinski definition) is 1. The Kier molecular flexibility index (Phi) is 3.64. The second-order valence-electron chi connectivity index (χ2n) is 4.08. The normalized spacial score (nSPS) is 12.5. The molecule has 1 N–H and O–H groups in total. The van der Waals surface area contributed by atoms with E-state index in [1.165, 1.54) is 13.0 Å². The average Bonchev–Trinajstić information content (AvgIpc) is 2.33. The van der Waals surface area contributed by atoms with Crippen LogP contribution in [0.25, 0.3) is 0 Å². The SMILES string of the molecule is Cc1cc(C(O)c2cccc(Cl)c2)c(F)cc1F. The summed E-state index contributed by atoms with van der Waals surface area (Å²) in [4.78, 5) is 0. The Balaban J connectivity index is 2.46. The molecule has 2 aromatic rings. The summed E-state index contributed by atoms with van der Waals surface area (Å²) in [6, 6.07) is 8.58. The van der Waals surface area contributed by atoms with Gasteiger partial charge in [0.25, 0.3) is 0 Å². The summed E-state index contributed by atoms with van der Waals surface area (Å²) in [7, 11) is 0. The molecule has 0 fully saturated rings. The molecule has 0 aliphatic heterocycles. The second-order valence-corrected chi connectivity index (χ2v) is 4.52. The van der Waals surface area contributed by atoms with Gasteiger partial charge >= 0.3 is 0 Å². The third-order valence-electron chi connectivity index (χ3n) is 2.74. The summed E-state index contributed by atoms with van der Waals surface area (Å²) in [6.45, 7) is 1.52. The summed E-state index contributed by atoms with van der Waals surface area (Å²) >= 11 is 5.81. The zero-order valence-electron chi connectivity index (χ0n) is 9.62. The van der Waals surface area contributed by atoms with Crippen molar-refractivity contribution in [3.05, 3.63) is 69.7 Å². The van der Waals surface area contributed by atoms with Crippen LogP contribution in [-0.4, -0.2) is 5.11 Å². The van der Waals surface area contributed by atoms with Gasteiger partial charge in [0, 0.05) is 16.7 Å². The Morgan fingerprint density at radius 1 is 1.11 bits per heavy atom. The van der Waals surface area contributed by atoms with Crippen LogP contribution in [0, 0.1) is 18.6 Å². The Morgan fingerprint density at radius 2 is 1.83 bits per heavy atom. The molecule has 1 unspecified atom stereocenters. The first-order valence-corrected chi connectivity index (χ1v) is 5.76. The highest BCUT2D eigenvalue weighted by molar-refractivity contribution is 6.30. The van der Waals surface area contributed by atoms with E-state index in [9.17, 15) is 13.9 Å². The quantitative estimate of drug-likeness (QED) is 0.873. The topological polar surface area (TPSA) is 20.2 Å². The van der Waals surface area contributed by atoms with Gasteiger partial charge in [0.05, 0.1) is 0 Å². The molecule has 18 heavy (non-hydrogen) atoms. The highest BCUT2D eigenvalue weighted by atomic mass is 35.5. The molecule has 0 aliphatic rings. The molecule has 1 atom stereocenters. The minimum atomic E-state index is -1.16. The van der Waals surface area contributed by atoms with Gasteiger partial charge in [-0.2, -0.15) is 0 Å². The Morgan fingerprint density at radius 3 is 2.50 bits per heavy atom. The van der Waals surface area contributed by atoms with Crippen molar-refractivity contribution in [3.63, 3.8) is 0 Å². The Hall–Kier alpha value is -1.45. The van der Waals surface area contributed by atoms with E-state index in [0.717, 1.165) is 6.07 Å². The second kappa shape index (κ2) is 5.04. The van der Waals surface area contributed by atoms with Crippen LogP contribution in [0.2, 0.25) is 5.02 Å². The summed E-state index contributed by atoms with van der Waals surface area (Å²) in [6.07, 6.45) is -1.16. The maximum atomic E-state index is 13.6. The summed E-state index contributed by atoms with van der Waals surface area (Å²) in [5, 5.41) is 10.5. The first-order chi connectivity index (χ1) is 8.49. The van der Waals surface area contributed by atoms with Crippen LogP contribution in [0.1, 0.15) is 22.8 Å². The number of halogens is 3. The van der Waals surface area contributed by atoms with E-state index in [4.69, 9.17) is 11.6 Å². The Labute approximate surface area is 109 Å². The third-order valence-corrected chi connectivity index (χ3v) is 2.97. The van der Waals surface area contributed by atoms with Crippen molar-refractivity contribution in [2.24, 2.45) is 0 Å². The van der Waals surface area contributed by atoms with Crippen molar-refractivity contribution < 1.29 is 13.9 Å². The van der Waals surface area contributed by atoms with Crippen LogP contribution in [0.5, 0.6) is 0 Å². The van der Waals surface area contributed by atoms with E-state index in [1.54, 1.807) is 24.3 Å². The summed E-state index contributed by atoms with van der Waals surface area (Å²) < 4.78 is 26.8. The van der Waals surface area contributed by atoms with Gasteiger partial charge < -0.3 is 5.11 Å². The standard InChI is InChI=1S/C14H11ClF2O/c1-8-5-11(13(17)7-12(8)16)14(18)9-3-2-4-10(15)6-9/h2-7,14,18H,1H3. The number of aliphatic hydroxyl groups is 1. The van der Waals surface area contributed by atoms with Crippen molar-refractivity contribution in [3.8, 4) is 0 Å². The highest BCUT2D eigenvalue weighted by Gasteiger charge is 2.17. The van der Waals surface area contributed by atoms with Gasteiger partial charge in [-0.3, -0.25) is 0 Å². The fourth-order valence-electron chi connectivity index (χ4n) is 1.75. The van der Waals surface area contributed by atoms with E-state index in [-0.39, 0.29) is 11.1 Å². The van der Waals surface area contributed by atoms with Gasteiger partial charge in [-0.1, -0.05) is 23.7 Å². The molecule has 2 aromatic carbocycles. The first kappa shape index (κ1) is 13.0. The van der Waals surface area contributed by atoms with Gasteiger partial charge in [-0.25, -0.2) is 8.78 Å². The number of aryl methyl sites for hydroxylation is 1. The lowest BCUT2D eigenvalue weighted by Gasteiger charge is -2.13. The first-order valence-electron chi connectivity index (χ1n) is 5.38. The number of benzene rings is 2. The number of rotatable bonds is 2. The lowest BCUT2D eigenvalue weighted by atomic mass is 9.99. The molecule has 0 aliphatic carbocycles. The largest absolute Gasteiger partial charge is 0.384 e. The van der Waals surface area contributed by atoms with Gasteiger partial charge in [0.2, 0.25) is 0 Å². The zero-order valence-corrected chi connectivity index (χ0v) is 10.4. The minimum Gasteiger partial charge on any atom is -0.384 e. The molecule has 1 nitrogen and oxygen atoms in total. The van der Waals surface area contributed by atoms with Crippen molar-refractivity contribution in [1.29, 1.82) is 0 Å². The van der Waals surface area contributed by atoms with Crippen molar-refractivity contribution >= 4 is 11.6 Å². The van der Waals surface area contributed by atoms with Crippen molar-refractivity contribution in [1.82, 2.24) is 0 Å². The van der Waals surface area contributed by atoms with Crippen LogP contribution < -0.4 is 0 Å². The van der Waals surface area contributed by atoms with E-state index < -0.39 is 17.7 Å². The summed E-state index contributed by atoms with van der Waals surface area (Å²) in [5.74, 6) is -1.40. The molecule has 0 saturated heterocycles. The summed E-state index contributed by atoms with van der Waals surface area (Å²) in [5.41, 5.74) is 0.788. The molecule has 94 valence electrons. The molecule has 0 amide bonds. The molecule has 0 saturated carbocycles. The van der Waals surface area contributed by atoms with E-state index in [0.29, 0.717) is 10.6 Å². The number of hydrogen-bond donors (Lipinski definition) is 1. The van der Waals surface area contributed by atoms with Crippen LogP contribution in [-0.2, 0) is 0 Å². The fraction of sp³-hybridized carbons (Fsp3) is 0.143. The maximum Gasteiger partial charge on any atom is 0.132 e. The predicted molar refractivity (Wildman–Crippen MR) is 66.6 cm³/mol. The maximum absolute atomic E-state index is 13.6. The van der Waals surface area contributed by atoms with E-state index in [2.05, 4.69) is 0 Å². The molecule has 0 aromatic heterocycles. The van der Waals surface area contributed by atoms with Crippen molar-refractivity contribution in [2.75, 3.05) is 0 Å². The number of aliphatic hydroxyl groups excluding tert-OH is 1. The molecule has 2 rings (SSSR count). The molecular formula is C14H11ClF2O. The highest BCUT2D eigenvalue weighted by Crippen LogP contribution is 2.27. The molecule has 0 spiro atoms. The van der Waals surface area contributed by atoms with Crippen LogP contribution >= 0.6 is 11.6 Å². The van der Waals surface area contributed by atoms with Gasteiger partial charge in [-0.05, 0) is 36.2 Å². The van der Waals surface area contributed by atoms with Gasteiger partial charge in [-0.15, -0.1) is 0 Å². The van der Waals surface area contributed by atoms with Crippen LogP contribution in [0.4, 0.5) is 8.78 Å². The van der Waals surface area contributed by atoms with Crippen LogP contribution in [0.3, 0.4) is 0 Å². The van der Waals surface area contributed by atoms with E-state index in [1.807, 2.05) is 0 Å². The lowest BCUT2D eigenvalue weighted by Crippen LogP contribution is -2.04. The van der Waals surface area contributed by atoms with Gasteiger partial charge in [0.15, 0.2) is 0 Å². The minimum absolute atomic E-state index is 0.0381. The molecule has 4 heteroatoms. The average molecular weight is 269 g/mol. The zero-order chi connectivity index (χ0) is 13.3. The predicted octanol–water partition coefficient (Wildman–Crippen LogP) is 4.01. The third kappa shape index (κ3) is 2.52. The lowest BCUT2D eigenvalue weighted by molar-refractivity contribution is 0.214. The smallest absolute Gasteiger partial charge is 0.132 e. The molecule has 0 heterocycles. The van der Waals surface area contributed by atoms with Gasteiger partial charge in [0.1, 0.15) is 17.7 Å². The molecule has 0 radical (unpaired) electrons. The van der Waals surface area contributed by atoms with E-state index >= 15 is 0 Å². The monoisotopic (exact) mass is 268 g/mol. The Bertz CT molecular complexity index is 584. The fourth-order valence-corrected chi connectivity index (χ4v) is 1.94. The van der Waals surface area contributed by atoms with Crippen molar-refractivity contribution in [2.45, 2.75) is 13.0 Å². The van der Waals surface area contributed by atoms with Crippen LogP contribution in [0.15, 0.2) is 36.4 Å².